The van der Waals surface area contributed by atoms with Crippen molar-refractivity contribution in [2.75, 3.05) is 0 Å². The second-order valence-corrected chi connectivity index (χ2v) is 3.94. The Kier molecular flexibility index (Phi) is 2.02. The van der Waals surface area contributed by atoms with Crippen LogP contribution >= 0.6 is 11.3 Å². The predicted molar refractivity (Wildman–Crippen MR) is 57.4 cm³/mol. The van der Waals surface area contributed by atoms with Gasteiger partial charge in [0.15, 0.2) is 0 Å². The largest absolute Gasteiger partial charge is 0.387 e. The summed E-state index contributed by atoms with van der Waals surface area (Å²) in [5, 5.41) is 10.5. The lowest BCUT2D eigenvalue weighted by molar-refractivity contribution is 1.25. The fraction of sp³-hybridized carbons (Fsp3) is 0.100. The molecule has 0 fully saturated rings. The summed E-state index contributed by atoms with van der Waals surface area (Å²) < 4.78 is 1.28. The van der Waals surface area contributed by atoms with Crippen LogP contribution in [0, 0.1) is 5.41 Å². The zero-order valence-electron chi connectivity index (χ0n) is 7.08. The number of benzene rings is 1. The smallest absolute Gasteiger partial charge is 0.0950 e. The fourth-order valence-corrected chi connectivity index (χ4v) is 2.12. The molecule has 66 valence electrons. The maximum atomic E-state index is 7.18. The second kappa shape index (κ2) is 3.18. The third-order valence-corrected chi connectivity index (χ3v) is 2.81. The summed E-state index contributed by atoms with van der Waals surface area (Å²) in [4.78, 5) is 0. The van der Waals surface area contributed by atoms with Crippen LogP contribution in [0.5, 0.6) is 0 Å². The summed E-state index contributed by atoms with van der Waals surface area (Å²) in [6.45, 7) is 0. The molecule has 0 amide bonds. The predicted octanol–water partition coefficient (Wildman–Crippen LogP) is 2.38. The molecule has 0 aliphatic carbocycles. The first-order valence-corrected chi connectivity index (χ1v) is 4.93. The number of hydrogen-bond donors (Lipinski definition) is 2. The Bertz CT molecular complexity index is 445. The first-order chi connectivity index (χ1) is 6.25. The van der Waals surface area contributed by atoms with Gasteiger partial charge >= 0.3 is 0 Å². The van der Waals surface area contributed by atoms with Crippen LogP contribution in [0.15, 0.2) is 29.6 Å². The van der Waals surface area contributed by atoms with Crippen LogP contribution in [0.2, 0.25) is 0 Å². The molecular weight excluding hydrogens is 180 g/mol. The van der Waals surface area contributed by atoms with E-state index in [0.29, 0.717) is 6.42 Å². The van der Waals surface area contributed by atoms with E-state index in [4.69, 9.17) is 11.1 Å². The standard InChI is InChI=1S/C10H10N2S/c11-10(12)6-7-1-2-9-8(5-7)3-4-13-9/h1-5H,6H2,(H3,11,12). The van der Waals surface area contributed by atoms with Gasteiger partial charge in [0.05, 0.1) is 5.84 Å². The van der Waals surface area contributed by atoms with Crippen molar-refractivity contribution in [2.45, 2.75) is 6.42 Å². The Hall–Kier alpha value is -1.35. The minimum Gasteiger partial charge on any atom is -0.387 e. The van der Waals surface area contributed by atoms with Crippen molar-refractivity contribution in [1.82, 2.24) is 0 Å². The first-order valence-electron chi connectivity index (χ1n) is 4.05. The monoisotopic (exact) mass is 190 g/mol. The van der Waals surface area contributed by atoms with E-state index >= 15 is 0 Å². The van der Waals surface area contributed by atoms with Gasteiger partial charge in [0, 0.05) is 11.1 Å². The van der Waals surface area contributed by atoms with Crippen LogP contribution < -0.4 is 5.73 Å². The quantitative estimate of drug-likeness (QED) is 0.554. The Balaban J connectivity index is 2.42. The molecule has 0 bridgehead atoms. The van der Waals surface area contributed by atoms with E-state index in [1.807, 2.05) is 6.07 Å². The Labute approximate surface area is 80.5 Å². The second-order valence-electron chi connectivity index (χ2n) is 2.99. The molecular formula is C10H10N2S. The number of amidine groups is 1. The average Bonchev–Trinajstić information content (AvgIpc) is 2.49. The minimum atomic E-state index is 0.217. The van der Waals surface area contributed by atoms with Crippen molar-refractivity contribution in [3.63, 3.8) is 0 Å². The topological polar surface area (TPSA) is 49.9 Å². The SMILES string of the molecule is N=C(N)Cc1ccc2sccc2c1. The zero-order chi connectivity index (χ0) is 9.26. The Morgan fingerprint density at radius 3 is 3.00 bits per heavy atom. The van der Waals surface area contributed by atoms with Crippen LogP contribution in [-0.4, -0.2) is 5.84 Å². The molecule has 0 saturated carbocycles. The summed E-state index contributed by atoms with van der Waals surface area (Å²) in [7, 11) is 0. The van der Waals surface area contributed by atoms with Crippen molar-refractivity contribution >= 4 is 27.3 Å². The van der Waals surface area contributed by atoms with Crippen molar-refractivity contribution < 1.29 is 0 Å². The van der Waals surface area contributed by atoms with Gasteiger partial charge in [0.1, 0.15) is 0 Å². The maximum absolute atomic E-state index is 7.18. The Morgan fingerprint density at radius 2 is 2.23 bits per heavy atom. The van der Waals surface area contributed by atoms with Gasteiger partial charge in [-0.2, -0.15) is 0 Å². The highest BCUT2D eigenvalue weighted by Crippen LogP contribution is 2.21. The van der Waals surface area contributed by atoms with Crippen molar-refractivity contribution in [2.24, 2.45) is 5.73 Å². The summed E-state index contributed by atoms with van der Waals surface area (Å²) in [5.74, 6) is 0.217. The van der Waals surface area contributed by atoms with Gasteiger partial charge in [0.25, 0.3) is 0 Å². The lowest BCUT2D eigenvalue weighted by Crippen LogP contribution is -2.12. The minimum absolute atomic E-state index is 0.217. The van der Waals surface area contributed by atoms with Crippen LogP contribution in [0.25, 0.3) is 10.1 Å². The van der Waals surface area contributed by atoms with Crippen molar-refractivity contribution in [3.8, 4) is 0 Å². The maximum Gasteiger partial charge on any atom is 0.0950 e. The normalized spacial score (nSPS) is 10.5. The molecule has 3 N–H and O–H groups in total. The molecule has 2 nitrogen and oxygen atoms in total. The summed E-state index contributed by atoms with van der Waals surface area (Å²) in [6, 6.07) is 8.29. The molecule has 3 heteroatoms. The summed E-state index contributed by atoms with van der Waals surface area (Å²) in [5.41, 5.74) is 6.44. The molecule has 2 aromatic rings. The molecule has 1 aromatic carbocycles. The van der Waals surface area contributed by atoms with E-state index < -0.39 is 0 Å². The Morgan fingerprint density at radius 1 is 1.38 bits per heavy atom. The highest BCUT2D eigenvalue weighted by Gasteiger charge is 1.98. The van der Waals surface area contributed by atoms with Crippen LogP contribution in [0.4, 0.5) is 0 Å². The average molecular weight is 190 g/mol. The molecule has 2 rings (SSSR count). The van der Waals surface area contributed by atoms with E-state index in [1.54, 1.807) is 11.3 Å². The van der Waals surface area contributed by atoms with Crippen LogP contribution in [-0.2, 0) is 6.42 Å². The number of rotatable bonds is 2. The van der Waals surface area contributed by atoms with Crippen LogP contribution in [0.1, 0.15) is 5.56 Å². The van der Waals surface area contributed by atoms with E-state index in [-0.39, 0.29) is 5.84 Å². The third-order valence-electron chi connectivity index (χ3n) is 1.91. The molecule has 1 heterocycles. The van der Waals surface area contributed by atoms with Gasteiger partial charge in [-0.25, -0.2) is 0 Å². The fourth-order valence-electron chi connectivity index (χ4n) is 1.35. The van der Waals surface area contributed by atoms with Gasteiger partial charge in [0.2, 0.25) is 0 Å². The number of fused-ring (bicyclic) bond motifs is 1. The van der Waals surface area contributed by atoms with Gasteiger partial charge in [-0.1, -0.05) is 6.07 Å². The van der Waals surface area contributed by atoms with Gasteiger partial charge < -0.3 is 5.73 Å². The highest BCUT2D eigenvalue weighted by atomic mass is 32.1. The van der Waals surface area contributed by atoms with E-state index in [2.05, 4.69) is 23.6 Å². The lowest BCUT2D eigenvalue weighted by atomic mass is 10.1. The van der Waals surface area contributed by atoms with E-state index in [0.717, 1.165) is 5.56 Å². The van der Waals surface area contributed by atoms with E-state index in [1.165, 1.54) is 10.1 Å². The number of nitrogens with one attached hydrogen (secondary N) is 1. The molecule has 0 unspecified atom stereocenters. The lowest BCUT2D eigenvalue weighted by Gasteiger charge is -1.98. The molecule has 13 heavy (non-hydrogen) atoms. The molecule has 0 spiro atoms. The zero-order valence-corrected chi connectivity index (χ0v) is 7.90. The molecule has 0 aliphatic heterocycles. The highest BCUT2D eigenvalue weighted by molar-refractivity contribution is 7.17. The number of nitrogens with two attached hydrogens (primary N) is 1. The van der Waals surface area contributed by atoms with Gasteiger partial charge in [-0.05, 0) is 34.5 Å². The summed E-state index contributed by atoms with van der Waals surface area (Å²) >= 11 is 1.73. The molecule has 1 aromatic heterocycles. The van der Waals surface area contributed by atoms with Gasteiger partial charge in [-0.3, -0.25) is 5.41 Å². The van der Waals surface area contributed by atoms with Crippen molar-refractivity contribution in [1.29, 1.82) is 5.41 Å². The van der Waals surface area contributed by atoms with Gasteiger partial charge in [-0.15, -0.1) is 11.3 Å². The third kappa shape index (κ3) is 1.70. The first kappa shape index (κ1) is 8.26. The summed E-state index contributed by atoms with van der Waals surface area (Å²) in [6.07, 6.45) is 0.547. The molecule has 0 atom stereocenters. The number of hydrogen-bond acceptors (Lipinski definition) is 2. The number of thiophene rings is 1. The molecule has 0 saturated heterocycles. The molecule has 0 aliphatic rings. The van der Waals surface area contributed by atoms with E-state index in [9.17, 15) is 0 Å². The van der Waals surface area contributed by atoms with Crippen LogP contribution in [0.3, 0.4) is 0 Å². The molecule has 0 radical (unpaired) electrons. The van der Waals surface area contributed by atoms with Crippen molar-refractivity contribution in [3.05, 3.63) is 35.2 Å².